The molecule has 41 heavy (non-hydrogen) atoms. The molecular weight excluding hydrogens is 517 g/mol. The van der Waals surface area contributed by atoms with Crippen molar-refractivity contribution in [3.63, 3.8) is 0 Å². The highest BCUT2D eigenvalue weighted by Gasteiger charge is 2.49. The molecule has 0 saturated carbocycles. The van der Waals surface area contributed by atoms with Gasteiger partial charge in [-0.1, -0.05) is 36.4 Å². The number of nitriles is 1. The lowest BCUT2D eigenvalue weighted by Gasteiger charge is -2.46. The molecule has 2 aromatic carbocycles. The SMILES string of the molecule is Cc1cccc2cccc(-c3ncc4c(N5C[C@@H]6[C@H]5CCN6C#N)nc(OCC56CCCN5CCC6)nc4c3F)c12. The molecule has 4 fully saturated rings. The van der Waals surface area contributed by atoms with Crippen LogP contribution in [0.1, 0.15) is 37.7 Å². The molecule has 0 radical (unpaired) electrons. The van der Waals surface area contributed by atoms with Crippen LogP contribution in [-0.2, 0) is 0 Å². The second kappa shape index (κ2) is 9.25. The first-order valence-corrected chi connectivity index (χ1v) is 14.7. The number of rotatable bonds is 5. The average molecular weight is 550 g/mol. The molecule has 2 atom stereocenters. The number of halogens is 1. The van der Waals surface area contributed by atoms with Crippen LogP contribution in [0.4, 0.5) is 10.2 Å². The van der Waals surface area contributed by atoms with Crippen LogP contribution in [0.15, 0.2) is 42.6 Å². The maximum absolute atomic E-state index is 16.6. The van der Waals surface area contributed by atoms with Crippen LogP contribution in [0.2, 0.25) is 0 Å². The molecule has 8 rings (SSSR count). The van der Waals surface area contributed by atoms with E-state index in [0.29, 0.717) is 24.4 Å². The number of aromatic nitrogens is 3. The van der Waals surface area contributed by atoms with Crippen LogP contribution < -0.4 is 9.64 Å². The number of hydrogen-bond donors (Lipinski definition) is 0. The van der Waals surface area contributed by atoms with Crippen molar-refractivity contribution in [2.75, 3.05) is 37.7 Å². The molecule has 6 heterocycles. The number of nitrogens with zero attached hydrogens (tertiary/aromatic N) is 7. The van der Waals surface area contributed by atoms with Crippen LogP contribution in [0, 0.1) is 24.2 Å². The highest BCUT2D eigenvalue weighted by atomic mass is 19.1. The largest absolute Gasteiger partial charge is 0.461 e. The molecule has 4 saturated heterocycles. The molecule has 8 nitrogen and oxygen atoms in total. The van der Waals surface area contributed by atoms with Crippen LogP contribution in [0.3, 0.4) is 0 Å². The Morgan fingerprint density at radius 2 is 1.88 bits per heavy atom. The lowest BCUT2D eigenvalue weighted by molar-refractivity contribution is 0.107. The summed E-state index contributed by atoms with van der Waals surface area (Å²) in [5.41, 5.74) is 2.35. The molecule has 4 aliphatic rings. The van der Waals surface area contributed by atoms with Gasteiger partial charge >= 0.3 is 6.01 Å². The molecule has 0 unspecified atom stereocenters. The predicted molar refractivity (Wildman–Crippen MR) is 155 cm³/mol. The van der Waals surface area contributed by atoms with Crippen molar-refractivity contribution >= 4 is 27.5 Å². The van der Waals surface area contributed by atoms with Crippen molar-refractivity contribution in [1.29, 1.82) is 5.26 Å². The Kier molecular flexibility index (Phi) is 5.58. The van der Waals surface area contributed by atoms with E-state index in [0.717, 1.165) is 60.8 Å². The van der Waals surface area contributed by atoms with Gasteiger partial charge < -0.3 is 14.5 Å². The summed E-state index contributed by atoms with van der Waals surface area (Å²) in [4.78, 5) is 20.8. The highest BCUT2D eigenvalue weighted by molar-refractivity contribution is 6.00. The van der Waals surface area contributed by atoms with Gasteiger partial charge in [0.05, 0.1) is 23.0 Å². The van der Waals surface area contributed by atoms with Gasteiger partial charge in [0.25, 0.3) is 0 Å². The average Bonchev–Trinajstić information content (AvgIpc) is 3.65. The van der Waals surface area contributed by atoms with Crippen LogP contribution in [0.5, 0.6) is 6.01 Å². The van der Waals surface area contributed by atoms with Crippen molar-refractivity contribution in [2.45, 2.75) is 56.7 Å². The Morgan fingerprint density at radius 3 is 2.68 bits per heavy atom. The quantitative estimate of drug-likeness (QED) is 0.320. The van der Waals surface area contributed by atoms with Gasteiger partial charge in [-0.15, -0.1) is 0 Å². The van der Waals surface area contributed by atoms with E-state index in [1.54, 1.807) is 6.20 Å². The third kappa shape index (κ3) is 3.70. The van der Waals surface area contributed by atoms with Crippen LogP contribution in [-0.4, -0.2) is 75.2 Å². The molecule has 0 amide bonds. The number of anilines is 1. The second-order valence-electron chi connectivity index (χ2n) is 12.1. The van der Waals surface area contributed by atoms with E-state index in [-0.39, 0.29) is 34.8 Å². The fourth-order valence-electron chi connectivity index (χ4n) is 7.87. The molecule has 0 spiro atoms. The van der Waals surface area contributed by atoms with Gasteiger partial charge in [-0.3, -0.25) is 9.88 Å². The van der Waals surface area contributed by atoms with Crippen molar-refractivity contribution in [1.82, 2.24) is 24.8 Å². The molecule has 2 aromatic heterocycles. The second-order valence-corrected chi connectivity index (χ2v) is 12.1. The number of ether oxygens (including phenoxy) is 1. The third-order valence-electron chi connectivity index (χ3n) is 9.99. The fourth-order valence-corrected chi connectivity index (χ4v) is 7.87. The molecule has 0 bridgehead atoms. The van der Waals surface area contributed by atoms with Gasteiger partial charge in [-0.25, -0.2) is 4.39 Å². The normalized spacial score (nSPS) is 23.0. The van der Waals surface area contributed by atoms with E-state index in [2.05, 4.69) is 21.0 Å². The maximum atomic E-state index is 16.6. The number of aryl methyl sites for hydroxylation is 1. The van der Waals surface area contributed by atoms with Gasteiger partial charge in [-0.05, 0) is 68.5 Å². The molecule has 0 aliphatic carbocycles. The van der Waals surface area contributed by atoms with Gasteiger partial charge in [0.15, 0.2) is 12.0 Å². The van der Waals surface area contributed by atoms with Crippen LogP contribution in [0.25, 0.3) is 32.9 Å². The summed E-state index contributed by atoms with van der Waals surface area (Å²) in [6, 6.07) is 12.5. The molecule has 9 heteroatoms. The first kappa shape index (κ1) is 24.7. The lowest BCUT2D eigenvalue weighted by Crippen LogP contribution is -2.61. The maximum Gasteiger partial charge on any atom is 0.319 e. The number of pyridine rings is 1. The summed E-state index contributed by atoms with van der Waals surface area (Å²) < 4.78 is 23.0. The van der Waals surface area contributed by atoms with Crippen molar-refractivity contribution in [3.05, 3.63) is 54.0 Å². The summed E-state index contributed by atoms with van der Waals surface area (Å²) >= 11 is 0. The van der Waals surface area contributed by atoms with E-state index in [1.807, 2.05) is 48.2 Å². The predicted octanol–water partition coefficient (Wildman–Crippen LogP) is 5.04. The summed E-state index contributed by atoms with van der Waals surface area (Å²) in [5.74, 6) is 0.181. The molecule has 4 aliphatic heterocycles. The van der Waals surface area contributed by atoms with Gasteiger partial charge in [-0.2, -0.15) is 15.2 Å². The number of benzene rings is 2. The smallest absolute Gasteiger partial charge is 0.319 e. The zero-order chi connectivity index (χ0) is 27.7. The lowest BCUT2D eigenvalue weighted by atomic mass is 9.95. The summed E-state index contributed by atoms with van der Waals surface area (Å²) in [7, 11) is 0. The Balaban J connectivity index is 1.24. The molecule has 0 N–H and O–H groups in total. The van der Waals surface area contributed by atoms with Gasteiger partial charge in [0, 0.05) is 24.8 Å². The zero-order valence-electron chi connectivity index (χ0n) is 23.2. The number of likely N-dealkylation sites (tertiary alicyclic amines) is 1. The molecular formula is C32H32FN7O. The first-order chi connectivity index (χ1) is 20.1. The minimum Gasteiger partial charge on any atom is -0.461 e. The molecule has 4 aromatic rings. The standard InChI is InChI=1S/C32H32FN7O/c1-20-6-2-7-21-8-3-9-22(26(20)21)28-27(33)29-23(16-35-28)30(40-17-25-24(40)10-15-38(25)19-34)37-31(36-29)41-18-32-11-4-13-39(32)14-5-12-32/h2-3,6-9,16,24-25H,4-5,10-15,17-18H2,1H3/t24-,25-/m1/s1. The van der Waals surface area contributed by atoms with Gasteiger partial charge in [0.2, 0.25) is 0 Å². The van der Waals surface area contributed by atoms with Crippen molar-refractivity contribution < 1.29 is 9.13 Å². The topological polar surface area (TPSA) is 81.4 Å². The van der Waals surface area contributed by atoms with E-state index in [1.165, 1.54) is 12.8 Å². The van der Waals surface area contributed by atoms with E-state index < -0.39 is 5.82 Å². The zero-order valence-corrected chi connectivity index (χ0v) is 23.2. The minimum absolute atomic E-state index is 0.0293. The van der Waals surface area contributed by atoms with E-state index >= 15 is 4.39 Å². The van der Waals surface area contributed by atoms with Crippen LogP contribution >= 0.6 is 0 Å². The van der Waals surface area contributed by atoms with E-state index in [9.17, 15) is 5.26 Å². The Bertz CT molecular complexity index is 1720. The fraction of sp³-hybridized carbons (Fsp3) is 0.438. The Hall–Kier alpha value is -4.03. The van der Waals surface area contributed by atoms with Crippen molar-refractivity contribution in [3.8, 4) is 23.5 Å². The number of hydrogen-bond acceptors (Lipinski definition) is 8. The third-order valence-corrected chi connectivity index (χ3v) is 9.99. The first-order valence-electron chi connectivity index (χ1n) is 14.7. The Labute approximate surface area is 238 Å². The van der Waals surface area contributed by atoms with E-state index in [4.69, 9.17) is 14.7 Å². The highest BCUT2D eigenvalue weighted by Crippen LogP contribution is 2.42. The summed E-state index contributed by atoms with van der Waals surface area (Å²) in [6.45, 7) is 6.14. The van der Waals surface area contributed by atoms with Gasteiger partial charge in [0.1, 0.15) is 23.6 Å². The molecule has 208 valence electrons. The van der Waals surface area contributed by atoms with Crippen molar-refractivity contribution in [2.24, 2.45) is 0 Å². The number of fused-ring (bicyclic) bond motifs is 4. The summed E-state index contributed by atoms with van der Waals surface area (Å²) in [5, 5.41) is 12.1. The Morgan fingerprint density at radius 1 is 1.07 bits per heavy atom. The monoisotopic (exact) mass is 549 g/mol. The summed E-state index contributed by atoms with van der Waals surface area (Å²) in [6.07, 6.45) is 9.45. The minimum atomic E-state index is -0.463.